The number of ether oxygens (including phenoxy) is 1. The Labute approximate surface area is 192 Å². The Kier molecular flexibility index (Phi) is 6.37. The summed E-state index contributed by atoms with van der Waals surface area (Å²) in [6.07, 6.45) is 6.85. The minimum absolute atomic E-state index is 0.0553. The van der Waals surface area contributed by atoms with Crippen LogP contribution in [0.2, 0.25) is 0 Å². The molecule has 8 nitrogen and oxygen atoms in total. The number of sulfonamides is 1. The van der Waals surface area contributed by atoms with Crippen molar-refractivity contribution in [2.45, 2.75) is 66.3 Å². The molecule has 3 aliphatic rings. The van der Waals surface area contributed by atoms with Crippen LogP contribution in [-0.2, 0) is 19.6 Å². The van der Waals surface area contributed by atoms with Crippen LogP contribution in [0.15, 0.2) is 34.3 Å². The summed E-state index contributed by atoms with van der Waals surface area (Å²) in [4.78, 5) is 12.5. The van der Waals surface area contributed by atoms with Gasteiger partial charge < -0.3 is 4.74 Å². The second-order valence-corrected chi connectivity index (χ2v) is 11.7. The van der Waals surface area contributed by atoms with Crippen molar-refractivity contribution in [3.05, 3.63) is 24.3 Å². The van der Waals surface area contributed by atoms with Gasteiger partial charge in [-0.05, 0) is 37.8 Å². The first kappa shape index (κ1) is 22.1. The maximum absolute atomic E-state index is 13.2. The monoisotopic (exact) mass is 476 g/mol. The molecule has 5 rings (SSSR count). The van der Waals surface area contributed by atoms with Crippen molar-refractivity contribution in [3.63, 3.8) is 0 Å². The third-order valence-corrected chi connectivity index (χ3v) is 9.72. The van der Waals surface area contributed by atoms with Crippen LogP contribution in [0, 0.1) is 0 Å². The molecule has 0 radical (unpaired) electrons. The maximum Gasteiger partial charge on any atom is 0.243 e. The molecule has 1 aliphatic heterocycles. The molecule has 3 fully saturated rings. The lowest BCUT2D eigenvalue weighted by Crippen LogP contribution is -2.40. The van der Waals surface area contributed by atoms with Gasteiger partial charge in [-0.15, -0.1) is 10.2 Å². The van der Waals surface area contributed by atoms with Crippen LogP contribution in [0.25, 0.3) is 11.4 Å². The first-order chi connectivity index (χ1) is 15.5. The van der Waals surface area contributed by atoms with E-state index in [1.54, 1.807) is 18.2 Å². The maximum atomic E-state index is 13.2. The quantitative estimate of drug-likeness (QED) is 0.631. The number of carbonyl (C=O) groups excluding carboxylic acids is 1. The Morgan fingerprint density at radius 3 is 2.53 bits per heavy atom. The molecule has 0 N–H and O–H groups in total. The molecule has 1 saturated heterocycles. The van der Waals surface area contributed by atoms with Gasteiger partial charge in [0, 0.05) is 31.1 Å². The number of aromatic nitrogens is 3. The standard InChI is InChI=1S/C22H28N4O4S2/c27-19-9-4-10-20(19)31-22-24-23-21(26(22)17-6-1-2-7-17)16-5-3-8-18(15-16)32(28,29)25-11-13-30-14-12-25/h3,5,8,15,17,20H,1-2,4,6-7,9-14H2/t20-/m1/s1. The number of hydrogen-bond acceptors (Lipinski definition) is 7. The van der Waals surface area contributed by atoms with E-state index in [9.17, 15) is 13.2 Å². The van der Waals surface area contributed by atoms with Gasteiger partial charge in [-0.25, -0.2) is 8.42 Å². The van der Waals surface area contributed by atoms with Crippen LogP contribution >= 0.6 is 11.8 Å². The van der Waals surface area contributed by atoms with Gasteiger partial charge in [0.2, 0.25) is 10.0 Å². The number of hydrogen-bond donors (Lipinski definition) is 0. The Balaban J connectivity index is 1.50. The molecule has 2 heterocycles. The SMILES string of the molecule is O=C1CCC[C@H]1Sc1nnc(-c2cccc(S(=O)(=O)N3CCOCC3)c2)n1C1CCCC1. The Morgan fingerprint density at radius 2 is 1.81 bits per heavy atom. The summed E-state index contributed by atoms with van der Waals surface area (Å²) in [5.74, 6) is 0.972. The normalized spacial score (nSPS) is 23.2. The molecule has 172 valence electrons. The summed E-state index contributed by atoms with van der Waals surface area (Å²) in [6, 6.07) is 7.28. The molecule has 2 saturated carbocycles. The van der Waals surface area contributed by atoms with Crippen molar-refractivity contribution in [1.82, 2.24) is 19.1 Å². The van der Waals surface area contributed by atoms with Gasteiger partial charge in [0.15, 0.2) is 11.0 Å². The molecule has 0 spiro atoms. The average molecular weight is 477 g/mol. The van der Waals surface area contributed by atoms with Crippen molar-refractivity contribution in [1.29, 1.82) is 0 Å². The molecule has 10 heteroatoms. The summed E-state index contributed by atoms with van der Waals surface area (Å²) < 4.78 is 35.3. The van der Waals surface area contributed by atoms with Crippen LogP contribution in [0.4, 0.5) is 0 Å². The van der Waals surface area contributed by atoms with Crippen molar-refractivity contribution >= 4 is 27.6 Å². The highest BCUT2D eigenvalue weighted by Gasteiger charge is 2.32. The highest BCUT2D eigenvalue weighted by Crippen LogP contribution is 2.40. The molecular formula is C22H28N4O4S2. The van der Waals surface area contributed by atoms with Gasteiger partial charge >= 0.3 is 0 Å². The van der Waals surface area contributed by atoms with Crippen LogP contribution in [0.3, 0.4) is 0 Å². The molecular weight excluding hydrogens is 448 g/mol. The van der Waals surface area contributed by atoms with Gasteiger partial charge in [0.1, 0.15) is 5.78 Å². The van der Waals surface area contributed by atoms with E-state index < -0.39 is 10.0 Å². The number of Topliss-reactive ketones (excluding diaryl/α,β-unsaturated/α-hetero) is 1. The summed E-state index contributed by atoms with van der Waals surface area (Å²) in [6.45, 7) is 1.55. The highest BCUT2D eigenvalue weighted by atomic mass is 32.2. The predicted molar refractivity (Wildman–Crippen MR) is 121 cm³/mol. The largest absolute Gasteiger partial charge is 0.379 e. The lowest BCUT2D eigenvalue weighted by molar-refractivity contribution is -0.116. The van der Waals surface area contributed by atoms with Gasteiger partial charge in [0.25, 0.3) is 0 Å². The first-order valence-corrected chi connectivity index (χ1v) is 13.7. The molecule has 0 amide bonds. The number of morpholine rings is 1. The summed E-state index contributed by atoms with van der Waals surface area (Å²) in [5.41, 5.74) is 0.739. The number of thioether (sulfide) groups is 1. The fourth-order valence-electron chi connectivity index (χ4n) is 4.81. The van der Waals surface area contributed by atoms with Crippen molar-refractivity contribution in [2.24, 2.45) is 0 Å². The molecule has 2 aromatic rings. The fourth-order valence-corrected chi connectivity index (χ4v) is 7.49. The number of benzene rings is 1. The van der Waals surface area contributed by atoms with Crippen LogP contribution in [-0.4, -0.2) is 64.8 Å². The van der Waals surface area contributed by atoms with Gasteiger partial charge in [0.05, 0.1) is 23.4 Å². The number of rotatable bonds is 6. The molecule has 32 heavy (non-hydrogen) atoms. The first-order valence-electron chi connectivity index (χ1n) is 11.4. The zero-order valence-corrected chi connectivity index (χ0v) is 19.6. The van der Waals surface area contributed by atoms with Crippen molar-refractivity contribution < 1.29 is 17.9 Å². The molecule has 0 bridgehead atoms. The van der Waals surface area contributed by atoms with E-state index in [-0.39, 0.29) is 22.0 Å². The lowest BCUT2D eigenvalue weighted by atomic mass is 10.2. The second-order valence-electron chi connectivity index (χ2n) is 8.62. The summed E-state index contributed by atoms with van der Waals surface area (Å²) in [7, 11) is -3.60. The topological polar surface area (TPSA) is 94.4 Å². The zero-order valence-electron chi connectivity index (χ0n) is 18.0. The Bertz CT molecular complexity index is 1090. The minimum atomic E-state index is -3.60. The van der Waals surface area contributed by atoms with Gasteiger partial charge in [-0.3, -0.25) is 9.36 Å². The minimum Gasteiger partial charge on any atom is -0.379 e. The van der Waals surface area contributed by atoms with Gasteiger partial charge in [-0.1, -0.05) is 36.7 Å². The summed E-state index contributed by atoms with van der Waals surface area (Å²) in [5, 5.41) is 9.67. The van der Waals surface area contributed by atoms with E-state index in [4.69, 9.17) is 4.74 Å². The predicted octanol–water partition coefficient (Wildman–Crippen LogP) is 3.29. The molecule has 0 unspecified atom stereocenters. The van der Waals surface area contributed by atoms with Crippen LogP contribution < -0.4 is 0 Å². The Morgan fingerprint density at radius 1 is 1.03 bits per heavy atom. The molecule has 2 aliphatic carbocycles. The Hall–Kier alpha value is -1.75. The molecule has 1 aromatic carbocycles. The smallest absolute Gasteiger partial charge is 0.243 e. The second kappa shape index (κ2) is 9.24. The average Bonchev–Trinajstić information content (AvgIpc) is 3.57. The van der Waals surface area contributed by atoms with E-state index in [1.807, 2.05) is 6.07 Å². The zero-order chi connectivity index (χ0) is 22.1. The lowest BCUT2D eigenvalue weighted by Gasteiger charge is -2.26. The fraction of sp³-hybridized carbons (Fsp3) is 0.591. The molecule has 1 atom stereocenters. The van der Waals surface area contributed by atoms with Gasteiger partial charge in [-0.2, -0.15) is 4.31 Å². The van der Waals surface area contributed by atoms with Crippen molar-refractivity contribution in [2.75, 3.05) is 26.3 Å². The number of carbonyl (C=O) groups is 1. The third-order valence-electron chi connectivity index (χ3n) is 6.55. The number of ketones is 1. The van der Waals surface area contributed by atoms with E-state index >= 15 is 0 Å². The summed E-state index contributed by atoms with van der Waals surface area (Å²) >= 11 is 1.52. The van der Waals surface area contributed by atoms with E-state index in [0.717, 1.165) is 49.2 Å². The van der Waals surface area contributed by atoms with Crippen LogP contribution in [0.1, 0.15) is 51.0 Å². The van der Waals surface area contributed by atoms with E-state index in [0.29, 0.717) is 38.5 Å². The van der Waals surface area contributed by atoms with E-state index in [1.165, 1.54) is 16.1 Å². The van der Waals surface area contributed by atoms with Crippen molar-refractivity contribution in [3.8, 4) is 11.4 Å². The highest BCUT2D eigenvalue weighted by molar-refractivity contribution is 8.00. The third kappa shape index (κ3) is 4.25. The molecule has 1 aromatic heterocycles. The number of nitrogens with zero attached hydrogens (tertiary/aromatic N) is 4. The van der Waals surface area contributed by atoms with Crippen LogP contribution in [0.5, 0.6) is 0 Å². The van der Waals surface area contributed by atoms with E-state index in [2.05, 4.69) is 14.8 Å².